The highest BCUT2D eigenvalue weighted by atomic mass is 16.5. The zero-order valence-electron chi connectivity index (χ0n) is 10.6. The summed E-state index contributed by atoms with van der Waals surface area (Å²) in [4.78, 5) is 0. The zero-order valence-corrected chi connectivity index (χ0v) is 10.6. The summed E-state index contributed by atoms with van der Waals surface area (Å²) in [5.74, 6) is 0.926. The predicted octanol–water partition coefficient (Wildman–Crippen LogP) is 3.02. The molecule has 1 N–H and O–H groups in total. The first-order valence-corrected chi connectivity index (χ1v) is 6.12. The number of nitrogens with one attached hydrogen (secondary N) is 1. The third-order valence-electron chi connectivity index (χ3n) is 2.72. The molecule has 0 aliphatic carbocycles. The summed E-state index contributed by atoms with van der Waals surface area (Å²) in [6.07, 6.45) is 3.59. The molecule has 0 radical (unpaired) electrons. The average molecular weight is 221 g/mol. The lowest BCUT2D eigenvalue weighted by atomic mass is 10.1. The lowest BCUT2D eigenvalue weighted by Crippen LogP contribution is -2.28. The van der Waals surface area contributed by atoms with E-state index in [1.54, 1.807) is 7.11 Å². The van der Waals surface area contributed by atoms with Gasteiger partial charge in [-0.3, -0.25) is 0 Å². The molecule has 0 fully saturated rings. The van der Waals surface area contributed by atoms with Crippen LogP contribution in [0.3, 0.4) is 0 Å². The Balaban J connectivity index is 2.34. The fraction of sp³-hybridized carbons (Fsp3) is 0.571. The highest BCUT2D eigenvalue weighted by molar-refractivity contribution is 5.27. The molecule has 0 aliphatic rings. The van der Waals surface area contributed by atoms with Gasteiger partial charge in [-0.2, -0.15) is 0 Å². The molecule has 1 aromatic rings. The molecular formula is C14H23NO. The van der Waals surface area contributed by atoms with Crippen LogP contribution in [-0.4, -0.2) is 19.7 Å². The van der Waals surface area contributed by atoms with E-state index in [1.165, 1.54) is 18.4 Å². The molecule has 2 nitrogen and oxygen atoms in total. The maximum Gasteiger partial charge on any atom is 0.118 e. The number of benzene rings is 1. The van der Waals surface area contributed by atoms with Gasteiger partial charge in [0.15, 0.2) is 0 Å². The van der Waals surface area contributed by atoms with Crippen molar-refractivity contribution in [3.63, 3.8) is 0 Å². The highest BCUT2D eigenvalue weighted by Crippen LogP contribution is 2.12. The minimum absolute atomic E-state index is 0.542. The maximum atomic E-state index is 5.14. The third-order valence-corrected chi connectivity index (χ3v) is 2.72. The summed E-state index contributed by atoms with van der Waals surface area (Å²) < 4.78 is 5.14. The minimum atomic E-state index is 0.542. The summed E-state index contributed by atoms with van der Waals surface area (Å²) in [6, 6.07) is 8.86. The van der Waals surface area contributed by atoms with E-state index in [4.69, 9.17) is 4.74 Å². The molecule has 16 heavy (non-hydrogen) atoms. The second-order valence-electron chi connectivity index (χ2n) is 4.26. The molecule has 0 aliphatic heterocycles. The first-order valence-electron chi connectivity index (χ1n) is 6.12. The van der Waals surface area contributed by atoms with E-state index >= 15 is 0 Å². The monoisotopic (exact) mass is 221 g/mol. The lowest BCUT2D eigenvalue weighted by molar-refractivity contribution is 0.414. The SMILES string of the molecule is CCCCN[C@H](C)Cc1ccc(OC)cc1. The van der Waals surface area contributed by atoms with E-state index in [9.17, 15) is 0 Å². The van der Waals surface area contributed by atoms with Crippen molar-refractivity contribution >= 4 is 0 Å². The van der Waals surface area contributed by atoms with Crippen molar-refractivity contribution in [2.24, 2.45) is 0 Å². The van der Waals surface area contributed by atoms with Crippen LogP contribution in [0.2, 0.25) is 0 Å². The van der Waals surface area contributed by atoms with E-state index in [0.29, 0.717) is 6.04 Å². The fourth-order valence-electron chi connectivity index (χ4n) is 1.71. The number of hydrogen-bond donors (Lipinski definition) is 1. The number of hydrogen-bond acceptors (Lipinski definition) is 2. The van der Waals surface area contributed by atoms with Crippen LogP contribution in [0, 0.1) is 0 Å². The molecule has 1 atom stereocenters. The summed E-state index contributed by atoms with van der Waals surface area (Å²) in [5, 5.41) is 3.53. The largest absolute Gasteiger partial charge is 0.497 e. The summed E-state index contributed by atoms with van der Waals surface area (Å²) in [7, 11) is 1.70. The van der Waals surface area contributed by atoms with Crippen LogP contribution in [0.25, 0.3) is 0 Å². The van der Waals surface area contributed by atoms with Crippen molar-refractivity contribution in [2.45, 2.75) is 39.2 Å². The molecule has 0 amide bonds. The van der Waals surface area contributed by atoms with Crippen LogP contribution >= 0.6 is 0 Å². The molecule has 2 heteroatoms. The van der Waals surface area contributed by atoms with Gasteiger partial charge in [-0.05, 0) is 44.0 Å². The van der Waals surface area contributed by atoms with Crippen LogP contribution in [0.15, 0.2) is 24.3 Å². The topological polar surface area (TPSA) is 21.3 Å². The molecule has 0 unspecified atom stereocenters. The number of methoxy groups -OCH3 is 1. The van der Waals surface area contributed by atoms with Crippen molar-refractivity contribution in [3.05, 3.63) is 29.8 Å². The van der Waals surface area contributed by atoms with Gasteiger partial charge in [-0.15, -0.1) is 0 Å². The van der Waals surface area contributed by atoms with Crippen molar-refractivity contribution < 1.29 is 4.74 Å². The minimum Gasteiger partial charge on any atom is -0.497 e. The van der Waals surface area contributed by atoms with Crippen LogP contribution in [0.5, 0.6) is 5.75 Å². The Morgan fingerprint density at radius 3 is 2.50 bits per heavy atom. The number of ether oxygens (including phenoxy) is 1. The van der Waals surface area contributed by atoms with Crippen LogP contribution in [0.1, 0.15) is 32.3 Å². The quantitative estimate of drug-likeness (QED) is 0.715. The normalized spacial score (nSPS) is 12.4. The Morgan fingerprint density at radius 2 is 1.94 bits per heavy atom. The summed E-state index contributed by atoms with van der Waals surface area (Å²) in [6.45, 7) is 5.57. The number of rotatable bonds is 7. The second-order valence-corrected chi connectivity index (χ2v) is 4.26. The first kappa shape index (κ1) is 13.0. The van der Waals surface area contributed by atoms with Gasteiger partial charge < -0.3 is 10.1 Å². The average Bonchev–Trinajstić information content (AvgIpc) is 2.30. The maximum absolute atomic E-state index is 5.14. The van der Waals surface area contributed by atoms with Crippen molar-refractivity contribution in [3.8, 4) is 5.75 Å². The molecule has 0 saturated carbocycles. The van der Waals surface area contributed by atoms with Crippen molar-refractivity contribution in [1.82, 2.24) is 5.32 Å². The molecule has 90 valence electrons. The van der Waals surface area contributed by atoms with Gasteiger partial charge in [0.25, 0.3) is 0 Å². The van der Waals surface area contributed by atoms with Gasteiger partial charge in [-0.1, -0.05) is 25.5 Å². The van der Waals surface area contributed by atoms with E-state index in [0.717, 1.165) is 18.7 Å². The standard InChI is InChI=1S/C14H23NO/c1-4-5-10-15-12(2)11-13-6-8-14(16-3)9-7-13/h6-9,12,15H,4-5,10-11H2,1-3H3/t12-/m1/s1. The fourth-order valence-corrected chi connectivity index (χ4v) is 1.71. The second kappa shape index (κ2) is 7.29. The van der Waals surface area contributed by atoms with Gasteiger partial charge in [0.1, 0.15) is 5.75 Å². The lowest BCUT2D eigenvalue weighted by Gasteiger charge is -2.13. The molecule has 0 heterocycles. The Hall–Kier alpha value is -1.02. The van der Waals surface area contributed by atoms with Crippen LogP contribution in [-0.2, 0) is 6.42 Å². The Bertz CT molecular complexity index is 281. The van der Waals surface area contributed by atoms with Crippen molar-refractivity contribution in [2.75, 3.05) is 13.7 Å². The van der Waals surface area contributed by atoms with E-state index in [1.807, 2.05) is 12.1 Å². The predicted molar refractivity (Wildman–Crippen MR) is 69.1 cm³/mol. The van der Waals surface area contributed by atoms with Gasteiger partial charge in [0.05, 0.1) is 7.11 Å². The van der Waals surface area contributed by atoms with Gasteiger partial charge in [-0.25, -0.2) is 0 Å². The molecular weight excluding hydrogens is 198 g/mol. The van der Waals surface area contributed by atoms with E-state index < -0.39 is 0 Å². The van der Waals surface area contributed by atoms with Crippen LogP contribution in [0.4, 0.5) is 0 Å². The third kappa shape index (κ3) is 4.67. The van der Waals surface area contributed by atoms with E-state index in [2.05, 4.69) is 31.3 Å². The molecule has 0 spiro atoms. The smallest absolute Gasteiger partial charge is 0.118 e. The zero-order chi connectivity index (χ0) is 11.8. The van der Waals surface area contributed by atoms with Crippen LogP contribution < -0.4 is 10.1 Å². The summed E-state index contributed by atoms with van der Waals surface area (Å²) >= 11 is 0. The Labute approximate surface area is 99.0 Å². The summed E-state index contributed by atoms with van der Waals surface area (Å²) in [5.41, 5.74) is 1.36. The molecule has 0 bridgehead atoms. The van der Waals surface area contributed by atoms with Gasteiger partial charge in [0, 0.05) is 6.04 Å². The molecule has 1 rings (SSSR count). The van der Waals surface area contributed by atoms with E-state index in [-0.39, 0.29) is 0 Å². The molecule has 1 aromatic carbocycles. The van der Waals surface area contributed by atoms with Crippen molar-refractivity contribution in [1.29, 1.82) is 0 Å². The highest BCUT2D eigenvalue weighted by Gasteiger charge is 2.02. The molecule has 0 aromatic heterocycles. The van der Waals surface area contributed by atoms with Gasteiger partial charge in [0.2, 0.25) is 0 Å². The number of unbranched alkanes of at least 4 members (excludes halogenated alkanes) is 1. The molecule has 0 saturated heterocycles. The first-order chi connectivity index (χ1) is 7.76. The Kier molecular flexibility index (Phi) is 5.94. The van der Waals surface area contributed by atoms with Gasteiger partial charge >= 0.3 is 0 Å². The Morgan fingerprint density at radius 1 is 1.25 bits per heavy atom.